The molecule has 3 N–H and O–H groups in total. The van der Waals surface area contributed by atoms with Crippen LogP contribution in [0.1, 0.15) is 31.5 Å². The number of thiocarbonyl (C=S) groups is 1. The quantitative estimate of drug-likeness (QED) is 0.786. The molecule has 21 heavy (non-hydrogen) atoms. The number of rotatable bonds is 4. The fraction of sp³-hybridized carbons (Fsp3) is 0.643. The molecule has 0 spiro atoms. The number of aromatic nitrogens is 2. The fourth-order valence-electron chi connectivity index (χ4n) is 2.69. The molecule has 1 atom stereocenters. The predicted molar refractivity (Wildman–Crippen MR) is 86.9 cm³/mol. The van der Waals surface area contributed by atoms with Crippen molar-refractivity contribution in [3.63, 3.8) is 0 Å². The Labute approximate surface area is 129 Å². The Hall–Kier alpha value is -1.47. The summed E-state index contributed by atoms with van der Waals surface area (Å²) < 4.78 is 0. The number of hydrogen-bond acceptors (Lipinski definition) is 5. The molecule has 1 aliphatic heterocycles. The first-order chi connectivity index (χ1) is 10.0. The third-order valence-corrected chi connectivity index (χ3v) is 4.65. The molecule has 3 rings (SSSR count). The van der Waals surface area contributed by atoms with Crippen LogP contribution in [0.25, 0.3) is 0 Å². The van der Waals surface area contributed by atoms with Crippen LogP contribution in [0.5, 0.6) is 0 Å². The van der Waals surface area contributed by atoms with E-state index in [9.17, 15) is 4.79 Å². The third kappa shape index (κ3) is 3.24. The summed E-state index contributed by atoms with van der Waals surface area (Å²) in [5, 5.41) is 0. The standard InChI is InChI=1S/C14H21N5OS/c1-9(13(15)21)18-4-6-19(7-5-18)11-8-12(20)17-14(16-11)10-2-3-10/h8-10H,2-7H2,1H3,(H2,15,21)(H,16,17,20). The maximum atomic E-state index is 11.8. The zero-order chi connectivity index (χ0) is 15.0. The summed E-state index contributed by atoms with van der Waals surface area (Å²) in [6, 6.07) is 1.72. The lowest BCUT2D eigenvalue weighted by molar-refractivity contribution is 0.238. The van der Waals surface area contributed by atoms with Crippen molar-refractivity contribution in [1.29, 1.82) is 0 Å². The van der Waals surface area contributed by atoms with E-state index >= 15 is 0 Å². The van der Waals surface area contributed by atoms with Crippen LogP contribution in [-0.2, 0) is 0 Å². The van der Waals surface area contributed by atoms with Crippen molar-refractivity contribution in [2.24, 2.45) is 5.73 Å². The summed E-state index contributed by atoms with van der Waals surface area (Å²) in [5.41, 5.74) is 5.66. The third-order valence-electron chi connectivity index (χ3n) is 4.31. The first kappa shape index (κ1) is 14.5. The Balaban J connectivity index is 1.69. The van der Waals surface area contributed by atoms with Crippen LogP contribution in [0.3, 0.4) is 0 Å². The highest BCUT2D eigenvalue weighted by Gasteiger charge is 2.28. The van der Waals surface area contributed by atoms with E-state index in [4.69, 9.17) is 18.0 Å². The Morgan fingerprint density at radius 3 is 2.67 bits per heavy atom. The first-order valence-electron chi connectivity index (χ1n) is 7.44. The van der Waals surface area contributed by atoms with Gasteiger partial charge in [0.1, 0.15) is 11.6 Å². The maximum absolute atomic E-state index is 11.8. The molecule has 0 amide bonds. The van der Waals surface area contributed by atoms with Gasteiger partial charge in [-0.3, -0.25) is 9.69 Å². The second-order valence-corrected chi connectivity index (χ2v) is 6.34. The zero-order valence-electron chi connectivity index (χ0n) is 12.2. The van der Waals surface area contributed by atoms with Gasteiger partial charge in [-0.1, -0.05) is 12.2 Å². The molecule has 0 bridgehead atoms. The summed E-state index contributed by atoms with van der Waals surface area (Å²) in [4.78, 5) is 24.2. The van der Waals surface area contributed by atoms with Gasteiger partial charge in [-0.25, -0.2) is 4.98 Å². The molecule has 1 aliphatic carbocycles. The van der Waals surface area contributed by atoms with Gasteiger partial charge in [-0.15, -0.1) is 0 Å². The highest BCUT2D eigenvalue weighted by molar-refractivity contribution is 7.80. The SMILES string of the molecule is CC(C(N)=S)N1CCN(c2cc(=O)[nH]c(C3CC3)n2)CC1. The largest absolute Gasteiger partial charge is 0.392 e. The van der Waals surface area contributed by atoms with E-state index in [-0.39, 0.29) is 11.6 Å². The molecule has 2 aliphatic rings. The average molecular weight is 307 g/mol. The number of aromatic amines is 1. The molecule has 7 heteroatoms. The minimum absolute atomic E-state index is 0.0548. The molecule has 2 heterocycles. The number of nitrogens with zero attached hydrogens (tertiary/aromatic N) is 3. The van der Waals surface area contributed by atoms with Crippen molar-refractivity contribution in [3.8, 4) is 0 Å². The van der Waals surface area contributed by atoms with Crippen molar-refractivity contribution in [2.45, 2.75) is 31.7 Å². The minimum atomic E-state index is -0.0548. The van der Waals surface area contributed by atoms with Crippen LogP contribution in [0.2, 0.25) is 0 Å². The molecule has 2 fully saturated rings. The number of H-pyrrole nitrogens is 1. The van der Waals surface area contributed by atoms with Crippen molar-refractivity contribution in [2.75, 3.05) is 31.1 Å². The summed E-state index contributed by atoms with van der Waals surface area (Å²) >= 11 is 5.06. The average Bonchev–Trinajstić information content (AvgIpc) is 3.30. The van der Waals surface area contributed by atoms with Crippen LogP contribution in [-0.4, -0.2) is 52.1 Å². The van der Waals surface area contributed by atoms with Gasteiger partial charge in [0, 0.05) is 38.2 Å². The molecule has 0 radical (unpaired) electrons. The molecular weight excluding hydrogens is 286 g/mol. The van der Waals surface area contributed by atoms with Gasteiger partial charge < -0.3 is 15.6 Å². The Kier molecular flexibility index (Phi) is 3.95. The van der Waals surface area contributed by atoms with Gasteiger partial charge in [0.15, 0.2) is 0 Å². The van der Waals surface area contributed by atoms with Crippen molar-refractivity contribution < 1.29 is 0 Å². The Morgan fingerprint density at radius 2 is 2.10 bits per heavy atom. The Bertz CT molecular complexity index is 589. The van der Waals surface area contributed by atoms with Gasteiger partial charge >= 0.3 is 0 Å². The fourth-order valence-corrected chi connectivity index (χ4v) is 2.84. The topological polar surface area (TPSA) is 78.2 Å². The van der Waals surface area contributed by atoms with E-state index in [1.165, 1.54) is 0 Å². The molecule has 1 aromatic heterocycles. The molecule has 1 unspecified atom stereocenters. The number of piperazine rings is 1. The maximum Gasteiger partial charge on any atom is 0.252 e. The van der Waals surface area contributed by atoms with Crippen LogP contribution in [0.4, 0.5) is 5.82 Å². The lowest BCUT2D eigenvalue weighted by atomic mass is 10.2. The number of anilines is 1. The predicted octanol–water partition coefficient (Wildman–Crippen LogP) is 0.444. The summed E-state index contributed by atoms with van der Waals surface area (Å²) in [7, 11) is 0. The second kappa shape index (κ2) is 5.73. The monoisotopic (exact) mass is 307 g/mol. The lowest BCUT2D eigenvalue weighted by Gasteiger charge is -2.38. The molecule has 1 saturated carbocycles. The second-order valence-electron chi connectivity index (χ2n) is 5.86. The van der Waals surface area contributed by atoms with E-state index in [1.54, 1.807) is 6.07 Å². The summed E-state index contributed by atoms with van der Waals surface area (Å²) in [6.45, 7) is 5.48. The van der Waals surface area contributed by atoms with E-state index < -0.39 is 0 Å². The van der Waals surface area contributed by atoms with Crippen LogP contribution in [0, 0.1) is 0 Å². The van der Waals surface area contributed by atoms with Gasteiger partial charge in [-0.05, 0) is 19.8 Å². The zero-order valence-corrected chi connectivity index (χ0v) is 13.0. The summed E-state index contributed by atoms with van der Waals surface area (Å²) in [5.74, 6) is 2.09. The van der Waals surface area contributed by atoms with Crippen molar-refractivity contribution >= 4 is 23.0 Å². The molecule has 0 aromatic carbocycles. The van der Waals surface area contributed by atoms with E-state index in [1.807, 2.05) is 6.92 Å². The highest BCUT2D eigenvalue weighted by atomic mass is 32.1. The normalized spacial score (nSPS) is 21.3. The smallest absolute Gasteiger partial charge is 0.252 e. The van der Waals surface area contributed by atoms with Crippen LogP contribution >= 0.6 is 12.2 Å². The van der Waals surface area contributed by atoms with Crippen molar-refractivity contribution in [3.05, 3.63) is 22.2 Å². The number of nitrogens with two attached hydrogens (primary N) is 1. The molecule has 6 nitrogen and oxygen atoms in total. The first-order valence-corrected chi connectivity index (χ1v) is 7.85. The van der Waals surface area contributed by atoms with Gasteiger partial charge in [0.25, 0.3) is 5.56 Å². The van der Waals surface area contributed by atoms with Gasteiger partial charge in [0.05, 0.1) is 11.0 Å². The number of hydrogen-bond donors (Lipinski definition) is 2. The van der Waals surface area contributed by atoms with Crippen LogP contribution < -0.4 is 16.2 Å². The lowest BCUT2D eigenvalue weighted by Crippen LogP contribution is -2.53. The van der Waals surface area contributed by atoms with Crippen LogP contribution in [0.15, 0.2) is 10.9 Å². The Morgan fingerprint density at radius 1 is 1.43 bits per heavy atom. The van der Waals surface area contributed by atoms with Gasteiger partial charge in [0.2, 0.25) is 0 Å². The number of nitrogens with one attached hydrogen (secondary N) is 1. The van der Waals surface area contributed by atoms with Crippen molar-refractivity contribution in [1.82, 2.24) is 14.9 Å². The van der Waals surface area contributed by atoms with E-state index in [0.717, 1.165) is 50.7 Å². The molecule has 114 valence electrons. The minimum Gasteiger partial charge on any atom is -0.392 e. The van der Waals surface area contributed by atoms with E-state index in [2.05, 4.69) is 19.8 Å². The molecule has 1 saturated heterocycles. The summed E-state index contributed by atoms with van der Waals surface area (Å²) in [6.07, 6.45) is 2.26. The highest BCUT2D eigenvalue weighted by Crippen LogP contribution is 2.37. The van der Waals surface area contributed by atoms with E-state index in [0.29, 0.717) is 10.9 Å². The van der Waals surface area contributed by atoms with Gasteiger partial charge in [-0.2, -0.15) is 0 Å². The molecular formula is C14H21N5OS. The molecule has 1 aromatic rings.